The van der Waals surface area contributed by atoms with Crippen LogP contribution in [0.1, 0.15) is 24.4 Å². The fraction of sp³-hybridized carbons (Fsp3) is 0.474. The molecular weight excluding hydrogens is 412 g/mol. The number of nitrogens with one attached hydrogen (secondary N) is 2. The topological polar surface area (TPSA) is 56.7 Å². The molecule has 4 atom stereocenters. The number of rotatable bonds is 7. The molecular formula is C19H25BrN4OS. The van der Waals surface area contributed by atoms with Gasteiger partial charge in [0.1, 0.15) is 0 Å². The zero-order chi connectivity index (χ0) is 18.5. The number of benzene rings is 1. The van der Waals surface area contributed by atoms with Crippen molar-refractivity contribution in [3.8, 4) is 0 Å². The number of amides is 1. The molecule has 26 heavy (non-hydrogen) atoms. The second-order valence-corrected chi connectivity index (χ2v) is 8.84. The van der Waals surface area contributed by atoms with E-state index in [0.717, 1.165) is 29.9 Å². The Morgan fingerprint density at radius 1 is 1.42 bits per heavy atom. The summed E-state index contributed by atoms with van der Waals surface area (Å²) < 4.78 is 0. The van der Waals surface area contributed by atoms with Gasteiger partial charge in [0, 0.05) is 29.8 Å². The molecule has 1 amide bonds. The van der Waals surface area contributed by atoms with Crippen molar-refractivity contribution < 1.29 is 4.79 Å². The molecule has 2 aliphatic rings. The van der Waals surface area contributed by atoms with Crippen LogP contribution in [-0.2, 0) is 4.79 Å². The molecule has 3 rings (SSSR count). The van der Waals surface area contributed by atoms with E-state index >= 15 is 0 Å². The molecule has 2 N–H and O–H groups in total. The molecule has 1 aromatic rings. The maximum atomic E-state index is 12.9. The fourth-order valence-electron chi connectivity index (χ4n) is 3.30. The van der Waals surface area contributed by atoms with Crippen LogP contribution in [0.4, 0.5) is 0 Å². The first-order chi connectivity index (χ1) is 12.6. The molecule has 0 radical (unpaired) electrons. The molecule has 0 aromatic heterocycles. The van der Waals surface area contributed by atoms with Gasteiger partial charge in [-0.05, 0) is 25.6 Å². The minimum atomic E-state index is 0.00274. The van der Waals surface area contributed by atoms with Crippen molar-refractivity contribution in [1.82, 2.24) is 15.6 Å². The first-order valence-corrected chi connectivity index (χ1v) is 10.7. The number of halogens is 1. The highest BCUT2D eigenvalue weighted by Crippen LogP contribution is 2.41. The van der Waals surface area contributed by atoms with Crippen LogP contribution in [0.25, 0.3) is 0 Å². The first kappa shape index (κ1) is 19.5. The first-order valence-electron chi connectivity index (χ1n) is 8.88. The highest BCUT2D eigenvalue weighted by atomic mass is 79.9. The lowest BCUT2D eigenvalue weighted by molar-refractivity contribution is -0.117. The van der Waals surface area contributed by atoms with Gasteiger partial charge in [-0.1, -0.05) is 52.3 Å². The Morgan fingerprint density at radius 3 is 2.85 bits per heavy atom. The Balaban J connectivity index is 1.65. The Hall–Kier alpha value is -1.31. The predicted molar refractivity (Wildman–Crippen MR) is 113 cm³/mol. The minimum absolute atomic E-state index is 0.00274. The van der Waals surface area contributed by atoms with Gasteiger partial charge in [0.15, 0.2) is 0 Å². The maximum Gasteiger partial charge on any atom is 0.257 e. The summed E-state index contributed by atoms with van der Waals surface area (Å²) in [6.45, 7) is 0.847. The van der Waals surface area contributed by atoms with E-state index in [1.807, 2.05) is 49.6 Å². The number of carbonyl (C=O) groups is 1. The quantitative estimate of drug-likeness (QED) is 0.645. The van der Waals surface area contributed by atoms with E-state index in [-0.39, 0.29) is 22.0 Å². The number of alkyl halides is 1. The van der Waals surface area contributed by atoms with Gasteiger partial charge in [-0.2, -0.15) is 5.10 Å². The van der Waals surface area contributed by atoms with Crippen molar-refractivity contribution in [2.24, 2.45) is 5.10 Å². The maximum absolute atomic E-state index is 12.9. The number of hydrogen-bond donors (Lipinski definition) is 2. The van der Waals surface area contributed by atoms with Crippen molar-refractivity contribution in [1.29, 1.82) is 0 Å². The third-order valence-corrected chi connectivity index (χ3v) is 7.41. The molecule has 0 fully saturated rings. The van der Waals surface area contributed by atoms with Gasteiger partial charge in [-0.3, -0.25) is 9.80 Å². The second kappa shape index (κ2) is 9.06. The normalized spacial score (nSPS) is 26.0. The highest BCUT2D eigenvalue weighted by molar-refractivity contribution is 9.09. The van der Waals surface area contributed by atoms with Crippen molar-refractivity contribution >= 4 is 39.8 Å². The van der Waals surface area contributed by atoms with E-state index in [1.54, 1.807) is 11.8 Å². The molecule has 4 unspecified atom stereocenters. The minimum Gasteiger partial charge on any atom is -0.345 e. The van der Waals surface area contributed by atoms with E-state index in [9.17, 15) is 4.79 Å². The zero-order valence-corrected chi connectivity index (χ0v) is 17.5. The number of allylic oxidation sites excluding steroid dienone is 1. The lowest BCUT2D eigenvalue weighted by Crippen LogP contribution is -2.36. The lowest BCUT2D eigenvalue weighted by Gasteiger charge is -2.27. The Morgan fingerprint density at radius 2 is 2.19 bits per heavy atom. The van der Waals surface area contributed by atoms with E-state index < -0.39 is 0 Å². The van der Waals surface area contributed by atoms with Crippen LogP contribution < -0.4 is 10.6 Å². The molecule has 1 aromatic carbocycles. The predicted octanol–water partition coefficient (Wildman–Crippen LogP) is 2.91. The monoisotopic (exact) mass is 436 g/mol. The van der Waals surface area contributed by atoms with Crippen LogP contribution in [-0.4, -0.2) is 53.9 Å². The molecule has 140 valence electrons. The van der Waals surface area contributed by atoms with Gasteiger partial charge in [0.05, 0.1) is 17.0 Å². The SMILES string of the molecule is CNCCC(NC(=O)C1=CC(Br)C(C2CC=NN2C)S1)c1ccccc1. The van der Waals surface area contributed by atoms with Crippen LogP contribution in [0, 0.1) is 0 Å². The van der Waals surface area contributed by atoms with Crippen LogP contribution in [0.3, 0.4) is 0 Å². The molecule has 0 saturated heterocycles. The van der Waals surface area contributed by atoms with Crippen LogP contribution in [0.2, 0.25) is 0 Å². The van der Waals surface area contributed by atoms with E-state index in [4.69, 9.17) is 0 Å². The average Bonchev–Trinajstić information content (AvgIpc) is 3.24. The molecule has 5 nitrogen and oxygen atoms in total. The smallest absolute Gasteiger partial charge is 0.257 e. The van der Waals surface area contributed by atoms with Gasteiger partial charge in [-0.25, -0.2) is 0 Å². The summed E-state index contributed by atoms with van der Waals surface area (Å²) in [5.74, 6) is 0.00785. The summed E-state index contributed by atoms with van der Waals surface area (Å²) in [6, 6.07) is 10.5. The number of hydrogen-bond acceptors (Lipinski definition) is 5. The number of carbonyl (C=O) groups excluding carboxylic acids is 1. The van der Waals surface area contributed by atoms with Crippen molar-refractivity contribution in [2.75, 3.05) is 20.6 Å². The molecule has 2 heterocycles. The molecule has 2 aliphatic heterocycles. The van der Waals surface area contributed by atoms with Gasteiger partial charge >= 0.3 is 0 Å². The molecule has 7 heteroatoms. The number of nitrogens with zero attached hydrogens (tertiary/aromatic N) is 2. The van der Waals surface area contributed by atoms with Gasteiger partial charge in [0.2, 0.25) is 0 Å². The third-order valence-electron chi connectivity index (χ3n) is 4.77. The van der Waals surface area contributed by atoms with Gasteiger partial charge in [-0.15, -0.1) is 11.8 Å². The zero-order valence-electron chi connectivity index (χ0n) is 15.1. The summed E-state index contributed by atoms with van der Waals surface area (Å²) in [5, 5.41) is 13.0. The Labute approximate surface area is 167 Å². The second-order valence-electron chi connectivity index (χ2n) is 6.56. The summed E-state index contributed by atoms with van der Waals surface area (Å²) in [6.07, 6.45) is 5.77. The van der Waals surface area contributed by atoms with Gasteiger partial charge in [0.25, 0.3) is 5.91 Å². The van der Waals surface area contributed by atoms with Crippen LogP contribution in [0.5, 0.6) is 0 Å². The number of hydrazone groups is 1. The van der Waals surface area contributed by atoms with Crippen molar-refractivity contribution in [3.05, 3.63) is 46.9 Å². The van der Waals surface area contributed by atoms with E-state index in [2.05, 4.69) is 43.8 Å². The van der Waals surface area contributed by atoms with Crippen molar-refractivity contribution in [3.63, 3.8) is 0 Å². The van der Waals surface area contributed by atoms with Crippen LogP contribution >= 0.6 is 27.7 Å². The Kier molecular flexibility index (Phi) is 6.78. The number of thioether (sulfide) groups is 1. The summed E-state index contributed by atoms with van der Waals surface area (Å²) in [5.41, 5.74) is 1.13. The fourth-order valence-corrected chi connectivity index (χ4v) is 5.76. The lowest BCUT2D eigenvalue weighted by atomic mass is 10.0. The van der Waals surface area contributed by atoms with Gasteiger partial charge < -0.3 is 10.6 Å². The summed E-state index contributed by atoms with van der Waals surface area (Å²) >= 11 is 5.39. The largest absolute Gasteiger partial charge is 0.345 e. The highest BCUT2D eigenvalue weighted by Gasteiger charge is 2.38. The van der Waals surface area contributed by atoms with Crippen molar-refractivity contribution in [2.45, 2.75) is 35.0 Å². The average molecular weight is 437 g/mol. The third kappa shape index (κ3) is 4.50. The standard InChI is InChI=1S/C19H25BrN4OS/c1-21-10-8-15(13-6-4-3-5-7-13)23-19(25)17-12-14(20)18(26-17)16-9-11-22-24(16)2/h3-7,11-12,14-16,18,21H,8-10H2,1-2H3,(H,23,25). The summed E-state index contributed by atoms with van der Waals surface area (Å²) in [7, 11) is 3.93. The molecule has 0 spiro atoms. The van der Waals surface area contributed by atoms with E-state index in [0.29, 0.717) is 6.04 Å². The molecule has 0 saturated carbocycles. The molecule has 0 bridgehead atoms. The molecule has 0 aliphatic carbocycles. The van der Waals surface area contributed by atoms with E-state index in [1.165, 1.54) is 0 Å². The van der Waals surface area contributed by atoms with Crippen LogP contribution in [0.15, 0.2) is 46.4 Å². The summed E-state index contributed by atoms with van der Waals surface area (Å²) in [4.78, 5) is 13.9. The Bertz CT molecular complexity index is 681.